The van der Waals surface area contributed by atoms with Crippen LogP contribution in [0.3, 0.4) is 0 Å². The fourth-order valence-corrected chi connectivity index (χ4v) is 1.62. The molecule has 0 aliphatic carbocycles. The van der Waals surface area contributed by atoms with Gasteiger partial charge in [0.25, 0.3) is 0 Å². The number of nitro groups is 1. The molecule has 17 heavy (non-hydrogen) atoms. The molecule has 0 saturated heterocycles. The number of ether oxygens (including phenoxy) is 1. The quantitative estimate of drug-likeness (QED) is 0.487. The molecule has 1 heterocycles. The minimum atomic E-state index is -0.567. The molecule has 0 fully saturated rings. The number of rotatable bonds is 3. The van der Waals surface area contributed by atoms with Crippen molar-refractivity contribution in [2.75, 3.05) is 0 Å². The molecule has 1 aromatic carbocycles. The molecule has 0 spiro atoms. The number of hydrogen-bond acceptors (Lipinski definition) is 4. The summed E-state index contributed by atoms with van der Waals surface area (Å²) >= 11 is 2.17. The first-order valence-electron chi connectivity index (χ1n) is 4.67. The van der Waals surface area contributed by atoms with Crippen LogP contribution in [0, 0.1) is 13.7 Å². The maximum Gasteiger partial charge on any atom is 0.427 e. The summed E-state index contributed by atoms with van der Waals surface area (Å²) in [5.74, 6) is 0.374. The molecular formula is C10H8IN3O3. The maximum absolute atomic E-state index is 10.7. The molecular weight excluding hydrogens is 337 g/mol. The highest BCUT2D eigenvalue weighted by atomic mass is 127. The van der Waals surface area contributed by atoms with E-state index >= 15 is 0 Å². The van der Waals surface area contributed by atoms with Gasteiger partial charge in [0.1, 0.15) is 5.75 Å². The topological polar surface area (TPSA) is 70.2 Å². The molecule has 0 atom stereocenters. The van der Waals surface area contributed by atoms with E-state index < -0.39 is 4.92 Å². The fourth-order valence-electron chi connectivity index (χ4n) is 1.26. The zero-order chi connectivity index (χ0) is 12.4. The van der Waals surface area contributed by atoms with E-state index in [0.717, 1.165) is 3.57 Å². The first-order valence-corrected chi connectivity index (χ1v) is 5.75. The summed E-state index contributed by atoms with van der Waals surface area (Å²) in [4.78, 5) is 13.8. The van der Waals surface area contributed by atoms with Crippen molar-refractivity contribution < 1.29 is 9.66 Å². The molecule has 0 aliphatic heterocycles. The molecule has 88 valence electrons. The van der Waals surface area contributed by atoms with Crippen molar-refractivity contribution in [1.29, 1.82) is 0 Å². The van der Waals surface area contributed by atoms with E-state index in [1.165, 1.54) is 10.9 Å². The summed E-state index contributed by atoms with van der Waals surface area (Å²) in [6, 6.07) is 7.22. The molecule has 0 bridgehead atoms. The third-order valence-corrected chi connectivity index (χ3v) is 2.79. The molecule has 1 aromatic heterocycles. The Morgan fingerprint density at radius 1 is 1.41 bits per heavy atom. The van der Waals surface area contributed by atoms with Gasteiger partial charge in [-0.2, -0.15) is 0 Å². The van der Waals surface area contributed by atoms with Gasteiger partial charge < -0.3 is 14.9 Å². The van der Waals surface area contributed by atoms with Crippen LogP contribution in [0.15, 0.2) is 30.6 Å². The van der Waals surface area contributed by atoms with Crippen molar-refractivity contribution in [3.63, 3.8) is 0 Å². The Hall–Kier alpha value is -1.64. The van der Waals surface area contributed by atoms with Gasteiger partial charge in [-0.05, 0) is 56.8 Å². The second-order valence-corrected chi connectivity index (χ2v) is 4.54. The van der Waals surface area contributed by atoms with Gasteiger partial charge in [0, 0.05) is 10.6 Å². The lowest BCUT2D eigenvalue weighted by molar-refractivity contribution is -0.390. The van der Waals surface area contributed by atoms with Crippen LogP contribution >= 0.6 is 22.6 Å². The van der Waals surface area contributed by atoms with Crippen LogP contribution < -0.4 is 4.74 Å². The van der Waals surface area contributed by atoms with Crippen molar-refractivity contribution >= 4 is 28.4 Å². The minimum Gasteiger partial charge on any atom is -0.434 e. The summed E-state index contributed by atoms with van der Waals surface area (Å²) in [6.45, 7) is 0. The number of benzene rings is 1. The van der Waals surface area contributed by atoms with Gasteiger partial charge in [-0.1, -0.05) is 0 Å². The minimum absolute atomic E-state index is 0.121. The average Bonchev–Trinajstić information content (AvgIpc) is 2.64. The van der Waals surface area contributed by atoms with Gasteiger partial charge in [-0.15, -0.1) is 0 Å². The van der Waals surface area contributed by atoms with Gasteiger partial charge in [0.2, 0.25) is 6.33 Å². The van der Waals surface area contributed by atoms with Gasteiger partial charge in [0.15, 0.2) is 0 Å². The van der Waals surface area contributed by atoms with Crippen molar-refractivity contribution in [3.05, 3.63) is 44.3 Å². The zero-order valence-electron chi connectivity index (χ0n) is 8.83. The second-order valence-electron chi connectivity index (χ2n) is 3.30. The van der Waals surface area contributed by atoms with Gasteiger partial charge >= 0.3 is 11.7 Å². The van der Waals surface area contributed by atoms with E-state index in [2.05, 4.69) is 27.6 Å². The van der Waals surface area contributed by atoms with Crippen LogP contribution in [-0.2, 0) is 7.05 Å². The van der Waals surface area contributed by atoms with Crippen molar-refractivity contribution in [2.24, 2.45) is 7.05 Å². The Labute approximate surface area is 111 Å². The molecule has 0 unspecified atom stereocenters. The van der Waals surface area contributed by atoms with Gasteiger partial charge in [-0.25, -0.2) is 0 Å². The Morgan fingerprint density at radius 3 is 2.65 bits per heavy atom. The lowest BCUT2D eigenvalue weighted by atomic mass is 10.3. The number of aryl methyl sites for hydroxylation is 1. The van der Waals surface area contributed by atoms with Gasteiger partial charge in [-0.3, -0.25) is 4.57 Å². The highest BCUT2D eigenvalue weighted by Crippen LogP contribution is 2.29. The van der Waals surface area contributed by atoms with Crippen LogP contribution in [-0.4, -0.2) is 14.5 Å². The Balaban J connectivity index is 2.32. The van der Waals surface area contributed by atoms with E-state index in [1.54, 1.807) is 19.2 Å². The molecule has 0 radical (unpaired) electrons. The average molecular weight is 345 g/mol. The molecule has 7 heteroatoms. The molecule has 0 N–H and O–H groups in total. The molecule has 0 saturated carbocycles. The van der Waals surface area contributed by atoms with E-state index in [-0.39, 0.29) is 11.7 Å². The summed E-state index contributed by atoms with van der Waals surface area (Å²) in [5, 5.41) is 10.7. The smallest absolute Gasteiger partial charge is 0.427 e. The second kappa shape index (κ2) is 4.70. The third-order valence-electron chi connectivity index (χ3n) is 2.07. The number of hydrogen-bond donors (Lipinski definition) is 0. The van der Waals surface area contributed by atoms with Gasteiger partial charge in [0.05, 0.1) is 0 Å². The first-order chi connectivity index (χ1) is 8.08. The number of imidazole rings is 1. The Morgan fingerprint density at radius 2 is 2.06 bits per heavy atom. The summed E-state index contributed by atoms with van der Waals surface area (Å²) < 4.78 is 7.98. The SMILES string of the molecule is Cn1cnc([N+](=O)[O-])c1Oc1ccc(I)cc1. The highest BCUT2D eigenvalue weighted by Gasteiger charge is 2.22. The third kappa shape index (κ3) is 2.54. The van der Waals surface area contributed by atoms with E-state index in [4.69, 9.17) is 4.74 Å². The Kier molecular flexibility index (Phi) is 3.27. The molecule has 2 rings (SSSR count). The predicted molar refractivity (Wildman–Crippen MR) is 69.1 cm³/mol. The standard InChI is InChI=1S/C10H8IN3O3/c1-13-6-12-9(14(15)16)10(13)17-8-4-2-7(11)3-5-8/h2-6H,1H3. The van der Waals surface area contributed by atoms with Crippen LogP contribution in [0.5, 0.6) is 11.6 Å². The zero-order valence-corrected chi connectivity index (χ0v) is 11.0. The van der Waals surface area contributed by atoms with Crippen LogP contribution in [0.4, 0.5) is 5.82 Å². The lowest BCUT2D eigenvalue weighted by Gasteiger charge is -2.04. The molecule has 2 aromatic rings. The molecule has 0 aliphatic rings. The number of aromatic nitrogens is 2. The van der Waals surface area contributed by atoms with E-state index in [9.17, 15) is 10.1 Å². The summed E-state index contributed by atoms with van der Waals surface area (Å²) in [5.41, 5.74) is 0. The lowest BCUT2D eigenvalue weighted by Crippen LogP contribution is -1.96. The largest absolute Gasteiger partial charge is 0.434 e. The monoisotopic (exact) mass is 345 g/mol. The van der Waals surface area contributed by atoms with E-state index in [0.29, 0.717) is 5.75 Å². The molecule has 6 nitrogen and oxygen atoms in total. The Bertz CT molecular complexity index is 550. The van der Waals surface area contributed by atoms with Crippen molar-refractivity contribution in [3.8, 4) is 11.6 Å². The maximum atomic E-state index is 10.7. The van der Waals surface area contributed by atoms with Crippen molar-refractivity contribution in [2.45, 2.75) is 0 Å². The molecule has 0 amide bonds. The normalized spacial score (nSPS) is 10.2. The number of halogens is 1. The first kappa shape index (κ1) is 11.8. The fraction of sp³-hybridized carbons (Fsp3) is 0.100. The van der Waals surface area contributed by atoms with E-state index in [1.807, 2.05) is 12.1 Å². The van der Waals surface area contributed by atoms with Crippen LogP contribution in [0.1, 0.15) is 0 Å². The van der Waals surface area contributed by atoms with Crippen molar-refractivity contribution in [1.82, 2.24) is 9.55 Å². The van der Waals surface area contributed by atoms with Crippen LogP contribution in [0.25, 0.3) is 0 Å². The summed E-state index contributed by atoms with van der Waals surface area (Å²) in [7, 11) is 1.64. The van der Waals surface area contributed by atoms with Crippen LogP contribution in [0.2, 0.25) is 0 Å². The highest BCUT2D eigenvalue weighted by molar-refractivity contribution is 14.1. The number of nitrogens with zero attached hydrogens (tertiary/aromatic N) is 3. The summed E-state index contributed by atoms with van der Waals surface area (Å²) in [6.07, 6.45) is 1.35. The predicted octanol–water partition coefficient (Wildman–Crippen LogP) is 2.73.